The van der Waals surface area contributed by atoms with E-state index in [0.717, 1.165) is 19.7 Å². The van der Waals surface area contributed by atoms with Crippen molar-refractivity contribution in [1.82, 2.24) is 4.67 Å². The molecule has 2 rings (SSSR count). The maximum Gasteiger partial charge on any atom is 0.137 e. The average molecular weight is 195 g/mol. The van der Waals surface area contributed by atoms with Crippen molar-refractivity contribution in [2.75, 3.05) is 19.7 Å². The largest absolute Gasteiger partial charge is 0.338 e. The van der Waals surface area contributed by atoms with Gasteiger partial charge in [0.05, 0.1) is 6.61 Å². The molecule has 1 aromatic rings. The normalized spacial score (nSPS) is 23.6. The summed E-state index contributed by atoms with van der Waals surface area (Å²) in [6.07, 6.45) is 0. The summed E-state index contributed by atoms with van der Waals surface area (Å²) in [5.74, 6) is 0. The van der Waals surface area contributed by atoms with Crippen LogP contribution < -0.4 is 5.30 Å². The molecule has 0 saturated carbocycles. The molecule has 0 spiro atoms. The van der Waals surface area contributed by atoms with Gasteiger partial charge in [-0.25, -0.2) is 0 Å². The van der Waals surface area contributed by atoms with Gasteiger partial charge in [-0.2, -0.15) is 0 Å². The van der Waals surface area contributed by atoms with E-state index in [1.54, 1.807) is 0 Å². The summed E-state index contributed by atoms with van der Waals surface area (Å²) in [7, 11) is -0.470. The Morgan fingerprint density at radius 2 is 2.15 bits per heavy atom. The molecule has 0 aliphatic carbocycles. The highest BCUT2D eigenvalue weighted by Gasteiger charge is 2.25. The highest BCUT2D eigenvalue weighted by Crippen LogP contribution is 2.43. The Kier molecular flexibility index (Phi) is 2.94. The van der Waals surface area contributed by atoms with Gasteiger partial charge in [-0.15, -0.1) is 0 Å². The molecule has 0 aromatic heterocycles. The van der Waals surface area contributed by atoms with Crippen LogP contribution in [0.2, 0.25) is 0 Å². The van der Waals surface area contributed by atoms with E-state index in [0.29, 0.717) is 0 Å². The first-order valence-corrected chi connectivity index (χ1v) is 5.86. The van der Waals surface area contributed by atoms with E-state index >= 15 is 0 Å². The first kappa shape index (κ1) is 9.14. The zero-order valence-electron chi connectivity index (χ0n) is 7.81. The Morgan fingerprint density at radius 3 is 2.85 bits per heavy atom. The van der Waals surface area contributed by atoms with Gasteiger partial charge in [-0.3, -0.25) is 4.67 Å². The third-order valence-electron chi connectivity index (χ3n) is 2.16. The lowest BCUT2D eigenvalue weighted by Crippen LogP contribution is -2.18. The number of likely N-dealkylation sites (N-methyl/N-ethyl adjacent to an activating group) is 1. The molecule has 1 aromatic carbocycles. The standard InChI is InChI=1S/C10H14NOP/c1-2-11-8-9-12-13(11)10-6-4-3-5-7-10/h3-7H,2,8-9H2,1H3. The van der Waals surface area contributed by atoms with Gasteiger partial charge in [0.15, 0.2) is 0 Å². The van der Waals surface area contributed by atoms with Crippen LogP contribution in [-0.2, 0) is 4.52 Å². The fraction of sp³-hybridized carbons (Fsp3) is 0.400. The molecule has 1 saturated heterocycles. The minimum absolute atomic E-state index is 0.470. The first-order chi connectivity index (χ1) is 6.42. The van der Waals surface area contributed by atoms with Crippen molar-refractivity contribution in [3.8, 4) is 0 Å². The van der Waals surface area contributed by atoms with Crippen molar-refractivity contribution in [1.29, 1.82) is 0 Å². The second-order valence-corrected chi connectivity index (χ2v) is 4.87. The lowest BCUT2D eigenvalue weighted by molar-refractivity contribution is 0.394. The van der Waals surface area contributed by atoms with Crippen LogP contribution in [0.25, 0.3) is 0 Å². The molecular formula is C10H14NOP. The smallest absolute Gasteiger partial charge is 0.137 e. The molecule has 1 aliphatic rings. The minimum Gasteiger partial charge on any atom is -0.338 e. The van der Waals surface area contributed by atoms with Gasteiger partial charge in [-0.05, 0) is 0 Å². The lowest BCUT2D eigenvalue weighted by atomic mass is 10.4. The molecule has 1 aliphatic heterocycles. The summed E-state index contributed by atoms with van der Waals surface area (Å²) in [4.78, 5) is 0. The molecule has 0 amide bonds. The predicted octanol–water partition coefficient (Wildman–Crippen LogP) is 1.98. The molecular weight excluding hydrogens is 181 g/mol. The number of hydrogen-bond donors (Lipinski definition) is 0. The fourth-order valence-corrected chi connectivity index (χ4v) is 3.33. The van der Waals surface area contributed by atoms with Gasteiger partial charge < -0.3 is 4.52 Å². The third-order valence-corrected chi connectivity index (χ3v) is 4.33. The van der Waals surface area contributed by atoms with E-state index in [1.807, 2.05) is 6.07 Å². The SMILES string of the molecule is CCN1CCOP1c1ccccc1. The number of rotatable bonds is 2. The van der Waals surface area contributed by atoms with E-state index in [9.17, 15) is 0 Å². The maximum absolute atomic E-state index is 5.73. The van der Waals surface area contributed by atoms with Gasteiger partial charge >= 0.3 is 0 Å². The molecule has 1 atom stereocenters. The van der Waals surface area contributed by atoms with Crippen molar-refractivity contribution in [2.45, 2.75) is 6.92 Å². The Hall–Kier alpha value is -0.430. The monoisotopic (exact) mass is 195 g/mol. The first-order valence-electron chi connectivity index (χ1n) is 4.65. The van der Waals surface area contributed by atoms with E-state index in [4.69, 9.17) is 4.52 Å². The van der Waals surface area contributed by atoms with Crippen LogP contribution in [0.3, 0.4) is 0 Å². The van der Waals surface area contributed by atoms with Crippen molar-refractivity contribution in [3.05, 3.63) is 30.3 Å². The van der Waals surface area contributed by atoms with Gasteiger partial charge in [0.2, 0.25) is 0 Å². The van der Waals surface area contributed by atoms with Gasteiger partial charge in [0, 0.05) is 18.4 Å². The minimum atomic E-state index is -0.470. The highest BCUT2D eigenvalue weighted by atomic mass is 31.2. The van der Waals surface area contributed by atoms with Crippen LogP contribution in [0.15, 0.2) is 30.3 Å². The summed E-state index contributed by atoms with van der Waals surface area (Å²) >= 11 is 0. The van der Waals surface area contributed by atoms with Gasteiger partial charge in [0.25, 0.3) is 0 Å². The summed E-state index contributed by atoms with van der Waals surface area (Å²) in [6, 6.07) is 10.5. The number of benzene rings is 1. The molecule has 1 heterocycles. The Morgan fingerprint density at radius 1 is 1.38 bits per heavy atom. The summed E-state index contributed by atoms with van der Waals surface area (Å²) in [6.45, 7) is 5.24. The second-order valence-electron chi connectivity index (χ2n) is 2.99. The average Bonchev–Trinajstić information content (AvgIpc) is 2.67. The van der Waals surface area contributed by atoms with Crippen LogP contribution >= 0.6 is 8.30 Å². The number of hydrogen-bond acceptors (Lipinski definition) is 2. The molecule has 13 heavy (non-hydrogen) atoms. The van der Waals surface area contributed by atoms with Crippen molar-refractivity contribution >= 4 is 13.6 Å². The van der Waals surface area contributed by atoms with Crippen molar-refractivity contribution in [2.24, 2.45) is 0 Å². The highest BCUT2D eigenvalue weighted by molar-refractivity contribution is 7.58. The summed E-state index contributed by atoms with van der Waals surface area (Å²) in [5.41, 5.74) is 0. The molecule has 2 nitrogen and oxygen atoms in total. The van der Waals surface area contributed by atoms with E-state index in [1.165, 1.54) is 5.30 Å². The molecule has 1 unspecified atom stereocenters. The zero-order chi connectivity index (χ0) is 9.10. The zero-order valence-corrected chi connectivity index (χ0v) is 8.71. The third kappa shape index (κ3) is 1.91. The molecule has 3 heteroatoms. The Bertz CT molecular complexity index is 265. The fourth-order valence-electron chi connectivity index (χ4n) is 1.49. The lowest BCUT2D eigenvalue weighted by Gasteiger charge is -2.19. The van der Waals surface area contributed by atoms with Gasteiger partial charge in [-0.1, -0.05) is 37.3 Å². The molecule has 70 valence electrons. The van der Waals surface area contributed by atoms with Crippen molar-refractivity contribution < 1.29 is 4.52 Å². The maximum atomic E-state index is 5.73. The molecule has 0 N–H and O–H groups in total. The second kappa shape index (κ2) is 4.19. The number of nitrogens with zero attached hydrogens (tertiary/aromatic N) is 1. The Balaban J connectivity index is 2.16. The Labute approximate surface area is 80.4 Å². The van der Waals surface area contributed by atoms with Crippen LogP contribution in [0.5, 0.6) is 0 Å². The van der Waals surface area contributed by atoms with Crippen LogP contribution in [0, 0.1) is 0 Å². The molecule has 0 radical (unpaired) electrons. The van der Waals surface area contributed by atoms with E-state index in [2.05, 4.69) is 35.9 Å². The topological polar surface area (TPSA) is 12.5 Å². The van der Waals surface area contributed by atoms with Crippen LogP contribution in [0.1, 0.15) is 6.92 Å². The van der Waals surface area contributed by atoms with E-state index < -0.39 is 8.30 Å². The van der Waals surface area contributed by atoms with Crippen LogP contribution in [0.4, 0.5) is 0 Å². The van der Waals surface area contributed by atoms with Crippen molar-refractivity contribution in [3.63, 3.8) is 0 Å². The summed E-state index contributed by atoms with van der Waals surface area (Å²) in [5, 5.41) is 1.33. The molecule has 1 fully saturated rings. The van der Waals surface area contributed by atoms with Gasteiger partial charge in [0.1, 0.15) is 8.30 Å². The predicted molar refractivity (Wildman–Crippen MR) is 56.2 cm³/mol. The quantitative estimate of drug-likeness (QED) is 0.669. The van der Waals surface area contributed by atoms with Crippen LogP contribution in [-0.4, -0.2) is 24.4 Å². The molecule has 0 bridgehead atoms. The summed E-state index contributed by atoms with van der Waals surface area (Å²) < 4.78 is 8.14. The van der Waals surface area contributed by atoms with E-state index in [-0.39, 0.29) is 0 Å².